The molecule has 7 nitrogen and oxygen atoms in total. The SMILES string of the molecule is CCCNC(=O)[C@H](CC)N(Cc1ccccc1)C(=O)CCCN(c1ccc(F)cc1)S(C)(=O)=O. The molecular weight excluding hydrogens is 457 g/mol. The molecule has 2 aromatic carbocycles. The van der Waals surface area contributed by atoms with Gasteiger partial charge < -0.3 is 10.2 Å². The van der Waals surface area contributed by atoms with Crippen LogP contribution in [0.2, 0.25) is 0 Å². The Bertz CT molecular complexity index is 1030. The number of anilines is 1. The van der Waals surface area contributed by atoms with Crippen LogP contribution in [0.5, 0.6) is 0 Å². The molecule has 0 spiro atoms. The number of carbonyl (C=O) groups is 2. The molecule has 0 saturated heterocycles. The van der Waals surface area contributed by atoms with Crippen molar-refractivity contribution in [3.8, 4) is 0 Å². The first-order valence-electron chi connectivity index (χ1n) is 11.5. The molecule has 0 radical (unpaired) electrons. The fourth-order valence-electron chi connectivity index (χ4n) is 3.68. The van der Waals surface area contributed by atoms with E-state index in [1.807, 2.05) is 44.2 Å². The number of carbonyl (C=O) groups excluding carboxylic acids is 2. The quantitative estimate of drug-likeness (QED) is 0.463. The Hall–Kier alpha value is -2.94. The van der Waals surface area contributed by atoms with E-state index < -0.39 is 21.9 Å². The van der Waals surface area contributed by atoms with Crippen LogP contribution in [0, 0.1) is 5.82 Å². The largest absolute Gasteiger partial charge is 0.354 e. The fraction of sp³-hybridized carbons (Fsp3) is 0.440. The van der Waals surface area contributed by atoms with E-state index in [2.05, 4.69) is 5.32 Å². The number of hydrogen-bond donors (Lipinski definition) is 1. The Morgan fingerprint density at radius 1 is 1.03 bits per heavy atom. The standard InChI is InChI=1S/C25H34FN3O4S/c1-4-17-27-25(31)23(5-2)28(19-20-10-7-6-8-11-20)24(30)12-9-18-29(34(3,32)33)22-15-13-21(26)14-16-22/h6-8,10-11,13-16,23H,4-5,9,12,17-19H2,1-3H3,(H,27,31)/t23-/m0/s1. The Kier molecular flexibility index (Phi) is 10.5. The van der Waals surface area contributed by atoms with Crippen molar-refractivity contribution < 1.29 is 22.4 Å². The third-order valence-electron chi connectivity index (χ3n) is 5.40. The molecule has 34 heavy (non-hydrogen) atoms. The summed E-state index contributed by atoms with van der Waals surface area (Å²) in [6, 6.07) is 14.0. The van der Waals surface area contributed by atoms with Crippen molar-refractivity contribution in [2.75, 3.05) is 23.7 Å². The zero-order valence-corrected chi connectivity index (χ0v) is 20.9. The van der Waals surface area contributed by atoms with Crippen molar-refractivity contribution in [1.29, 1.82) is 0 Å². The molecule has 9 heteroatoms. The van der Waals surface area contributed by atoms with E-state index in [4.69, 9.17) is 0 Å². The maximum atomic E-state index is 13.3. The molecule has 0 saturated carbocycles. The van der Waals surface area contributed by atoms with Gasteiger partial charge in [0.05, 0.1) is 11.9 Å². The number of sulfonamides is 1. The van der Waals surface area contributed by atoms with E-state index in [0.29, 0.717) is 18.7 Å². The lowest BCUT2D eigenvalue weighted by molar-refractivity contribution is -0.141. The first kappa shape index (κ1) is 27.3. The second kappa shape index (κ2) is 13.1. The van der Waals surface area contributed by atoms with E-state index in [0.717, 1.165) is 22.5 Å². The van der Waals surface area contributed by atoms with Gasteiger partial charge in [0.25, 0.3) is 0 Å². The molecule has 0 unspecified atom stereocenters. The molecule has 0 aliphatic rings. The predicted octanol–water partition coefficient (Wildman–Crippen LogP) is 3.71. The predicted molar refractivity (Wildman–Crippen MR) is 132 cm³/mol. The molecule has 1 atom stereocenters. The highest BCUT2D eigenvalue weighted by atomic mass is 32.2. The third-order valence-corrected chi connectivity index (χ3v) is 6.59. The summed E-state index contributed by atoms with van der Waals surface area (Å²) in [5, 5.41) is 2.87. The highest BCUT2D eigenvalue weighted by Crippen LogP contribution is 2.20. The molecule has 0 aromatic heterocycles. The van der Waals surface area contributed by atoms with Gasteiger partial charge in [-0.1, -0.05) is 44.2 Å². The lowest BCUT2D eigenvalue weighted by atomic mass is 10.1. The molecular formula is C25H34FN3O4S. The molecule has 0 heterocycles. The van der Waals surface area contributed by atoms with Gasteiger partial charge in [-0.3, -0.25) is 13.9 Å². The summed E-state index contributed by atoms with van der Waals surface area (Å²) < 4.78 is 39.0. The number of benzene rings is 2. The smallest absolute Gasteiger partial charge is 0.242 e. The van der Waals surface area contributed by atoms with Gasteiger partial charge in [-0.2, -0.15) is 0 Å². The fourth-order valence-corrected chi connectivity index (χ4v) is 4.64. The summed E-state index contributed by atoms with van der Waals surface area (Å²) in [6.07, 6.45) is 2.64. The highest BCUT2D eigenvalue weighted by molar-refractivity contribution is 7.92. The van der Waals surface area contributed by atoms with Gasteiger partial charge in [0.1, 0.15) is 11.9 Å². The molecule has 0 bridgehead atoms. The van der Waals surface area contributed by atoms with Gasteiger partial charge in [0, 0.05) is 26.1 Å². The summed E-state index contributed by atoms with van der Waals surface area (Å²) in [5.41, 5.74) is 1.24. The first-order chi connectivity index (χ1) is 16.2. The van der Waals surface area contributed by atoms with E-state index >= 15 is 0 Å². The minimum atomic E-state index is -3.62. The number of rotatable bonds is 13. The van der Waals surface area contributed by atoms with Gasteiger partial charge >= 0.3 is 0 Å². The summed E-state index contributed by atoms with van der Waals surface area (Å²) in [6.45, 7) is 4.70. The van der Waals surface area contributed by atoms with E-state index in [1.165, 1.54) is 24.3 Å². The Morgan fingerprint density at radius 2 is 1.68 bits per heavy atom. The molecule has 2 amide bonds. The van der Waals surface area contributed by atoms with Crippen LogP contribution in [0.1, 0.15) is 45.1 Å². The van der Waals surface area contributed by atoms with E-state index in [1.54, 1.807) is 4.90 Å². The van der Waals surface area contributed by atoms with Crippen LogP contribution in [-0.4, -0.2) is 50.5 Å². The average molecular weight is 492 g/mol. The topological polar surface area (TPSA) is 86.8 Å². The van der Waals surface area contributed by atoms with Gasteiger partial charge in [-0.15, -0.1) is 0 Å². The van der Waals surface area contributed by atoms with Gasteiger partial charge in [-0.05, 0) is 49.1 Å². The van der Waals surface area contributed by atoms with Crippen LogP contribution in [0.4, 0.5) is 10.1 Å². The zero-order valence-electron chi connectivity index (χ0n) is 20.0. The number of nitrogens with zero attached hydrogens (tertiary/aromatic N) is 2. The lowest BCUT2D eigenvalue weighted by Crippen LogP contribution is -2.49. The average Bonchev–Trinajstić information content (AvgIpc) is 2.81. The third kappa shape index (κ3) is 8.13. The monoisotopic (exact) mass is 491 g/mol. The Labute approximate surface area is 202 Å². The minimum absolute atomic E-state index is 0.0637. The lowest BCUT2D eigenvalue weighted by Gasteiger charge is -2.31. The number of halogens is 1. The summed E-state index contributed by atoms with van der Waals surface area (Å²) in [5.74, 6) is -0.886. The number of nitrogens with one attached hydrogen (secondary N) is 1. The first-order valence-corrected chi connectivity index (χ1v) is 13.4. The molecule has 2 rings (SSSR count). The normalized spacial score (nSPS) is 12.1. The number of hydrogen-bond acceptors (Lipinski definition) is 4. The molecule has 0 fully saturated rings. The van der Waals surface area contributed by atoms with Crippen molar-refractivity contribution in [2.45, 2.75) is 52.1 Å². The summed E-state index contributed by atoms with van der Waals surface area (Å²) >= 11 is 0. The van der Waals surface area contributed by atoms with Crippen molar-refractivity contribution >= 4 is 27.5 Å². The second-order valence-corrected chi connectivity index (χ2v) is 10.0. The van der Waals surface area contributed by atoms with Crippen molar-refractivity contribution in [3.63, 3.8) is 0 Å². The minimum Gasteiger partial charge on any atom is -0.354 e. The van der Waals surface area contributed by atoms with Gasteiger partial charge in [-0.25, -0.2) is 12.8 Å². The molecule has 0 aliphatic carbocycles. The summed E-state index contributed by atoms with van der Waals surface area (Å²) in [7, 11) is -3.62. The van der Waals surface area contributed by atoms with Crippen LogP contribution in [-0.2, 0) is 26.2 Å². The molecule has 186 valence electrons. The number of amides is 2. The molecule has 1 N–H and O–H groups in total. The van der Waals surface area contributed by atoms with Crippen molar-refractivity contribution in [2.24, 2.45) is 0 Å². The molecule has 2 aromatic rings. The Morgan fingerprint density at radius 3 is 2.24 bits per heavy atom. The maximum Gasteiger partial charge on any atom is 0.242 e. The van der Waals surface area contributed by atoms with Crippen LogP contribution in [0.25, 0.3) is 0 Å². The van der Waals surface area contributed by atoms with Crippen LogP contribution >= 0.6 is 0 Å². The highest BCUT2D eigenvalue weighted by Gasteiger charge is 2.28. The van der Waals surface area contributed by atoms with E-state index in [-0.39, 0.29) is 37.7 Å². The van der Waals surface area contributed by atoms with E-state index in [9.17, 15) is 22.4 Å². The van der Waals surface area contributed by atoms with Gasteiger partial charge in [0.2, 0.25) is 21.8 Å². The second-order valence-electron chi connectivity index (χ2n) is 8.14. The summed E-state index contributed by atoms with van der Waals surface area (Å²) in [4.78, 5) is 27.6. The van der Waals surface area contributed by atoms with Crippen molar-refractivity contribution in [1.82, 2.24) is 10.2 Å². The van der Waals surface area contributed by atoms with Crippen LogP contribution < -0.4 is 9.62 Å². The Balaban J connectivity index is 2.16. The maximum absolute atomic E-state index is 13.3. The zero-order chi connectivity index (χ0) is 25.1. The van der Waals surface area contributed by atoms with Crippen LogP contribution in [0.15, 0.2) is 54.6 Å². The van der Waals surface area contributed by atoms with Gasteiger partial charge in [0.15, 0.2) is 0 Å². The van der Waals surface area contributed by atoms with Crippen molar-refractivity contribution in [3.05, 3.63) is 66.0 Å². The molecule has 0 aliphatic heterocycles. The van der Waals surface area contributed by atoms with Crippen LogP contribution in [0.3, 0.4) is 0 Å².